The molecule has 0 atom stereocenters. The summed E-state index contributed by atoms with van der Waals surface area (Å²) in [5.74, 6) is 0.828. The Kier molecular flexibility index (Phi) is 3.14. The molecule has 0 unspecified atom stereocenters. The molecule has 0 amide bonds. The average molecular weight is 283 g/mol. The zero-order chi connectivity index (χ0) is 11.5. The van der Waals surface area contributed by atoms with Gasteiger partial charge in [0, 0.05) is 19.3 Å². The highest BCUT2D eigenvalue weighted by molar-refractivity contribution is 9.10. The summed E-state index contributed by atoms with van der Waals surface area (Å²) in [5, 5.41) is 3.17. The summed E-state index contributed by atoms with van der Waals surface area (Å²) in [6, 6.07) is 5.12. The molecule has 0 bridgehead atoms. The Bertz CT molecular complexity index is 545. The van der Waals surface area contributed by atoms with Gasteiger partial charge in [-0.05, 0) is 28.1 Å². The fourth-order valence-corrected chi connectivity index (χ4v) is 1.67. The SMILES string of the molecule is Cn1cc(NCc2occc2Br)ccc1=O. The maximum absolute atomic E-state index is 11.2. The second-order valence-electron chi connectivity index (χ2n) is 3.41. The summed E-state index contributed by atoms with van der Waals surface area (Å²) in [4.78, 5) is 11.2. The van der Waals surface area contributed by atoms with Crippen molar-refractivity contribution >= 4 is 21.6 Å². The summed E-state index contributed by atoms with van der Waals surface area (Å²) in [6.07, 6.45) is 3.38. The number of nitrogens with zero attached hydrogens (tertiary/aromatic N) is 1. The minimum absolute atomic E-state index is 0.0234. The van der Waals surface area contributed by atoms with Crippen molar-refractivity contribution in [2.75, 3.05) is 5.32 Å². The van der Waals surface area contributed by atoms with E-state index < -0.39 is 0 Å². The molecule has 1 N–H and O–H groups in total. The van der Waals surface area contributed by atoms with Crippen LogP contribution in [0.3, 0.4) is 0 Å². The van der Waals surface area contributed by atoms with E-state index >= 15 is 0 Å². The summed E-state index contributed by atoms with van der Waals surface area (Å²) < 4.78 is 7.72. The van der Waals surface area contributed by atoms with E-state index in [1.54, 1.807) is 25.6 Å². The average Bonchev–Trinajstić information content (AvgIpc) is 2.66. The third kappa shape index (κ3) is 2.36. The van der Waals surface area contributed by atoms with Gasteiger partial charge in [-0.2, -0.15) is 0 Å². The Morgan fingerprint density at radius 1 is 1.44 bits per heavy atom. The maximum atomic E-state index is 11.2. The fourth-order valence-electron chi connectivity index (χ4n) is 1.33. The third-order valence-electron chi connectivity index (χ3n) is 2.23. The lowest BCUT2D eigenvalue weighted by molar-refractivity contribution is 0.516. The van der Waals surface area contributed by atoms with Crippen molar-refractivity contribution in [1.29, 1.82) is 0 Å². The number of furan rings is 1. The number of anilines is 1. The normalized spacial score (nSPS) is 10.4. The van der Waals surface area contributed by atoms with E-state index in [1.807, 2.05) is 6.07 Å². The van der Waals surface area contributed by atoms with Gasteiger partial charge in [0.2, 0.25) is 5.56 Å². The van der Waals surface area contributed by atoms with Crippen LogP contribution in [-0.2, 0) is 13.6 Å². The standard InChI is InChI=1S/C11H11BrN2O2/c1-14-7-8(2-3-11(14)15)13-6-10-9(12)4-5-16-10/h2-5,7,13H,6H2,1H3. The van der Waals surface area contributed by atoms with Crippen LogP contribution in [0.1, 0.15) is 5.76 Å². The number of hydrogen-bond acceptors (Lipinski definition) is 3. The Hall–Kier alpha value is -1.49. The minimum atomic E-state index is -0.0234. The highest BCUT2D eigenvalue weighted by Crippen LogP contribution is 2.18. The summed E-state index contributed by atoms with van der Waals surface area (Å²) in [5.41, 5.74) is 0.857. The van der Waals surface area contributed by atoms with E-state index in [9.17, 15) is 4.79 Å². The van der Waals surface area contributed by atoms with E-state index in [4.69, 9.17) is 4.42 Å². The van der Waals surface area contributed by atoms with Gasteiger partial charge in [-0.15, -0.1) is 0 Å². The molecule has 2 aromatic rings. The Morgan fingerprint density at radius 2 is 2.25 bits per heavy atom. The Balaban J connectivity index is 2.08. The van der Waals surface area contributed by atoms with Crippen LogP contribution in [-0.4, -0.2) is 4.57 Å². The van der Waals surface area contributed by atoms with Gasteiger partial charge >= 0.3 is 0 Å². The van der Waals surface area contributed by atoms with Crippen LogP contribution in [0.4, 0.5) is 5.69 Å². The van der Waals surface area contributed by atoms with Crippen LogP contribution in [0.15, 0.2) is 44.3 Å². The first-order valence-corrected chi connectivity index (χ1v) is 5.58. The molecule has 4 nitrogen and oxygen atoms in total. The number of pyridine rings is 1. The molecule has 0 radical (unpaired) electrons. The topological polar surface area (TPSA) is 47.2 Å². The van der Waals surface area contributed by atoms with Gasteiger partial charge in [-0.25, -0.2) is 0 Å². The van der Waals surface area contributed by atoms with Crippen molar-refractivity contribution in [2.45, 2.75) is 6.54 Å². The molecule has 2 aromatic heterocycles. The molecule has 16 heavy (non-hydrogen) atoms. The first-order chi connectivity index (χ1) is 7.66. The van der Waals surface area contributed by atoms with Crippen molar-refractivity contribution in [3.8, 4) is 0 Å². The van der Waals surface area contributed by atoms with Gasteiger partial charge in [0.15, 0.2) is 0 Å². The van der Waals surface area contributed by atoms with Crippen LogP contribution < -0.4 is 10.9 Å². The van der Waals surface area contributed by atoms with Gasteiger partial charge in [0.05, 0.1) is 23.0 Å². The minimum Gasteiger partial charge on any atom is -0.466 e. The van der Waals surface area contributed by atoms with Gasteiger partial charge in [0.1, 0.15) is 5.76 Å². The largest absolute Gasteiger partial charge is 0.466 e. The van der Waals surface area contributed by atoms with Crippen molar-refractivity contribution in [2.24, 2.45) is 7.05 Å². The number of hydrogen-bond donors (Lipinski definition) is 1. The van der Waals surface area contributed by atoms with E-state index in [2.05, 4.69) is 21.2 Å². The second kappa shape index (κ2) is 4.57. The van der Waals surface area contributed by atoms with Crippen LogP contribution in [0.25, 0.3) is 0 Å². The Morgan fingerprint density at radius 3 is 2.88 bits per heavy atom. The molecule has 5 heteroatoms. The highest BCUT2D eigenvalue weighted by Gasteiger charge is 2.02. The molecular formula is C11H11BrN2O2. The maximum Gasteiger partial charge on any atom is 0.250 e. The molecule has 0 aliphatic rings. The van der Waals surface area contributed by atoms with Gasteiger partial charge in [-0.3, -0.25) is 4.79 Å². The van der Waals surface area contributed by atoms with Crippen LogP contribution in [0.2, 0.25) is 0 Å². The van der Waals surface area contributed by atoms with E-state index in [1.165, 1.54) is 10.6 Å². The molecule has 0 fully saturated rings. The van der Waals surface area contributed by atoms with Crippen molar-refractivity contribution < 1.29 is 4.42 Å². The van der Waals surface area contributed by atoms with Gasteiger partial charge < -0.3 is 14.3 Å². The van der Waals surface area contributed by atoms with Crippen molar-refractivity contribution in [3.05, 3.63) is 51.2 Å². The number of nitrogens with one attached hydrogen (secondary N) is 1. The van der Waals surface area contributed by atoms with Crippen molar-refractivity contribution in [1.82, 2.24) is 4.57 Å². The first-order valence-electron chi connectivity index (χ1n) is 4.79. The molecule has 0 saturated heterocycles. The summed E-state index contributed by atoms with van der Waals surface area (Å²) >= 11 is 3.38. The van der Waals surface area contributed by atoms with Crippen LogP contribution in [0, 0.1) is 0 Å². The predicted octanol–water partition coefficient (Wildman–Crippen LogP) is 2.35. The first kappa shape index (κ1) is 11.0. The Labute approximate surface area is 101 Å². The monoisotopic (exact) mass is 282 g/mol. The lowest BCUT2D eigenvalue weighted by Gasteiger charge is -2.06. The van der Waals surface area contributed by atoms with Crippen LogP contribution >= 0.6 is 15.9 Å². The smallest absolute Gasteiger partial charge is 0.250 e. The highest BCUT2D eigenvalue weighted by atomic mass is 79.9. The zero-order valence-electron chi connectivity index (χ0n) is 8.74. The predicted molar refractivity (Wildman–Crippen MR) is 65.4 cm³/mol. The third-order valence-corrected chi connectivity index (χ3v) is 2.94. The van der Waals surface area contributed by atoms with E-state index in [-0.39, 0.29) is 5.56 Å². The summed E-state index contributed by atoms with van der Waals surface area (Å²) in [6.45, 7) is 0.575. The number of halogens is 1. The lowest BCUT2D eigenvalue weighted by Crippen LogP contribution is -2.15. The molecule has 0 aromatic carbocycles. The molecule has 2 rings (SSSR count). The second-order valence-corrected chi connectivity index (χ2v) is 4.27. The number of rotatable bonds is 3. The van der Waals surface area contributed by atoms with Gasteiger partial charge in [-0.1, -0.05) is 0 Å². The molecule has 0 saturated carbocycles. The fraction of sp³-hybridized carbons (Fsp3) is 0.182. The van der Waals surface area contributed by atoms with Crippen molar-refractivity contribution in [3.63, 3.8) is 0 Å². The van der Waals surface area contributed by atoms with Crippen LogP contribution in [0.5, 0.6) is 0 Å². The number of aromatic nitrogens is 1. The number of aryl methyl sites for hydroxylation is 1. The molecule has 0 aliphatic heterocycles. The quantitative estimate of drug-likeness (QED) is 0.940. The zero-order valence-corrected chi connectivity index (χ0v) is 10.3. The summed E-state index contributed by atoms with van der Waals surface area (Å²) in [7, 11) is 1.72. The molecule has 2 heterocycles. The molecule has 0 spiro atoms. The molecular weight excluding hydrogens is 272 g/mol. The van der Waals surface area contributed by atoms with Gasteiger partial charge in [0.25, 0.3) is 0 Å². The van der Waals surface area contributed by atoms with E-state index in [0.717, 1.165) is 15.9 Å². The lowest BCUT2D eigenvalue weighted by atomic mass is 10.4. The molecule has 84 valence electrons. The molecule has 0 aliphatic carbocycles. The van der Waals surface area contributed by atoms with E-state index in [0.29, 0.717) is 6.54 Å².